The summed E-state index contributed by atoms with van der Waals surface area (Å²) in [5, 5.41) is 4.11. The molecule has 3 fully saturated rings. The first-order chi connectivity index (χ1) is 11.2. The third-order valence-corrected chi connectivity index (χ3v) is 6.06. The highest BCUT2D eigenvalue weighted by molar-refractivity contribution is 6.31. The number of carbonyl (C=O) groups excluding carboxylic acids is 1. The van der Waals surface area contributed by atoms with Gasteiger partial charge in [-0.3, -0.25) is 4.79 Å². The lowest BCUT2D eigenvalue weighted by molar-refractivity contribution is -0.141. The monoisotopic (exact) mass is 370 g/mol. The fourth-order valence-corrected chi connectivity index (χ4v) is 4.43. The van der Waals surface area contributed by atoms with E-state index < -0.39 is 0 Å². The molecule has 4 rings (SSSR count). The molecular weight excluding hydrogens is 347 g/mol. The predicted molar refractivity (Wildman–Crippen MR) is 96.6 cm³/mol. The van der Waals surface area contributed by atoms with E-state index in [0.29, 0.717) is 36.0 Å². The van der Waals surface area contributed by atoms with Crippen LogP contribution in [0.4, 0.5) is 0 Å². The van der Waals surface area contributed by atoms with Gasteiger partial charge in [-0.2, -0.15) is 0 Å². The molecular formula is C18H24Cl2N2O2. The Labute approximate surface area is 154 Å². The van der Waals surface area contributed by atoms with Gasteiger partial charge in [0.05, 0.1) is 13.2 Å². The molecule has 4 nitrogen and oxygen atoms in total. The minimum atomic E-state index is -0.107. The summed E-state index contributed by atoms with van der Waals surface area (Å²) < 4.78 is 5.87. The van der Waals surface area contributed by atoms with E-state index in [2.05, 4.69) is 5.32 Å². The number of nitrogens with zero attached hydrogens (tertiary/aromatic N) is 1. The molecule has 0 radical (unpaired) electrons. The zero-order valence-corrected chi connectivity index (χ0v) is 15.2. The Balaban J connectivity index is 0.00000169. The second kappa shape index (κ2) is 7.20. The Morgan fingerprint density at radius 2 is 2.04 bits per heavy atom. The molecule has 2 unspecified atom stereocenters. The number of amides is 1. The fraction of sp³-hybridized carbons (Fsp3) is 0.611. The molecule has 0 aromatic heterocycles. The number of rotatable bonds is 2. The molecule has 132 valence electrons. The molecule has 1 aromatic carbocycles. The Bertz CT molecular complexity index is 604. The van der Waals surface area contributed by atoms with Gasteiger partial charge in [0.15, 0.2) is 0 Å². The first-order valence-corrected chi connectivity index (χ1v) is 8.93. The van der Waals surface area contributed by atoms with Crippen LogP contribution in [0.1, 0.15) is 30.9 Å². The highest BCUT2D eigenvalue weighted by Gasteiger charge is 2.58. The first-order valence-electron chi connectivity index (χ1n) is 8.55. The summed E-state index contributed by atoms with van der Waals surface area (Å²) in [6, 6.07) is 7.76. The highest BCUT2D eigenvalue weighted by Crippen LogP contribution is 2.59. The van der Waals surface area contributed by atoms with Crippen LogP contribution in [0, 0.1) is 11.3 Å². The molecule has 6 heteroatoms. The van der Waals surface area contributed by atoms with Gasteiger partial charge in [-0.15, -0.1) is 12.4 Å². The molecule has 24 heavy (non-hydrogen) atoms. The molecule has 1 saturated carbocycles. The van der Waals surface area contributed by atoms with Gasteiger partial charge in [0.1, 0.15) is 6.10 Å². The van der Waals surface area contributed by atoms with Gasteiger partial charge in [0.25, 0.3) is 0 Å². The van der Waals surface area contributed by atoms with Crippen molar-refractivity contribution in [3.05, 3.63) is 34.9 Å². The van der Waals surface area contributed by atoms with Crippen molar-refractivity contribution >= 4 is 29.9 Å². The van der Waals surface area contributed by atoms with Crippen LogP contribution in [0.15, 0.2) is 24.3 Å². The van der Waals surface area contributed by atoms with Crippen molar-refractivity contribution in [1.82, 2.24) is 10.2 Å². The molecule has 3 aliphatic rings. The Hall–Kier alpha value is -0.810. The Morgan fingerprint density at radius 1 is 1.29 bits per heavy atom. The molecule has 2 atom stereocenters. The number of ether oxygens (including phenoxy) is 1. The number of nitrogens with one attached hydrogen (secondary N) is 1. The predicted octanol–water partition coefficient (Wildman–Crippen LogP) is 3.05. The van der Waals surface area contributed by atoms with Crippen molar-refractivity contribution < 1.29 is 9.53 Å². The van der Waals surface area contributed by atoms with Crippen LogP contribution in [0.2, 0.25) is 5.02 Å². The lowest BCUT2D eigenvalue weighted by atomic mass is 9.91. The number of halogens is 2. The van der Waals surface area contributed by atoms with Gasteiger partial charge in [-0.05, 0) is 43.8 Å². The summed E-state index contributed by atoms with van der Waals surface area (Å²) in [4.78, 5) is 14.9. The average Bonchev–Trinajstić information content (AvgIpc) is 3.28. The minimum Gasteiger partial charge on any atom is -0.370 e. The zero-order valence-electron chi connectivity index (χ0n) is 13.7. The van der Waals surface area contributed by atoms with E-state index in [-0.39, 0.29) is 24.4 Å². The maximum Gasteiger partial charge on any atom is 0.226 e. The van der Waals surface area contributed by atoms with Crippen LogP contribution in [0.5, 0.6) is 0 Å². The van der Waals surface area contributed by atoms with Crippen LogP contribution >= 0.6 is 24.0 Å². The maximum absolute atomic E-state index is 12.9. The molecule has 2 aliphatic heterocycles. The smallest absolute Gasteiger partial charge is 0.226 e. The normalized spacial score (nSPS) is 28.3. The van der Waals surface area contributed by atoms with E-state index in [1.165, 1.54) is 0 Å². The van der Waals surface area contributed by atoms with Crippen LogP contribution in [0.3, 0.4) is 0 Å². The molecule has 1 spiro atoms. The zero-order chi connectivity index (χ0) is 15.9. The van der Waals surface area contributed by atoms with E-state index in [1.54, 1.807) is 0 Å². The summed E-state index contributed by atoms with van der Waals surface area (Å²) in [6.45, 7) is 4.01. The standard InChI is InChI=1S/C18H23ClN2O2.ClH/c19-15-4-2-1-3-13(15)16-12-21(9-10-23-16)17(22)14-11-18(14)5-7-20-8-6-18;/h1-4,14,16,20H,5-12H2;1H. The second-order valence-corrected chi connectivity index (χ2v) is 7.44. The minimum absolute atomic E-state index is 0. The van der Waals surface area contributed by atoms with E-state index in [9.17, 15) is 4.79 Å². The highest BCUT2D eigenvalue weighted by atomic mass is 35.5. The van der Waals surface area contributed by atoms with Crippen LogP contribution in [0.25, 0.3) is 0 Å². The van der Waals surface area contributed by atoms with Crippen molar-refractivity contribution in [3.8, 4) is 0 Å². The molecule has 1 aliphatic carbocycles. The summed E-state index contributed by atoms with van der Waals surface area (Å²) in [7, 11) is 0. The van der Waals surface area contributed by atoms with E-state index >= 15 is 0 Å². The summed E-state index contributed by atoms with van der Waals surface area (Å²) in [6.07, 6.45) is 3.24. The van der Waals surface area contributed by atoms with Crippen LogP contribution < -0.4 is 5.32 Å². The van der Waals surface area contributed by atoms with E-state index in [4.69, 9.17) is 16.3 Å². The largest absolute Gasteiger partial charge is 0.370 e. The van der Waals surface area contributed by atoms with Gasteiger partial charge in [0, 0.05) is 23.0 Å². The summed E-state index contributed by atoms with van der Waals surface area (Å²) in [5.74, 6) is 0.557. The molecule has 2 heterocycles. The molecule has 2 saturated heterocycles. The lowest BCUT2D eigenvalue weighted by Gasteiger charge is -2.34. The molecule has 0 bridgehead atoms. The third kappa shape index (κ3) is 3.30. The van der Waals surface area contributed by atoms with Crippen molar-refractivity contribution in [3.63, 3.8) is 0 Å². The number of hydrogen-bond donors (Lipinski definition) is 1. The first kappa shape index (κ1) is 18.0. The van der Waals surface area contributed by atoms with Crippen molar-refractivity contribution in [2.45, 2.75) is 25.4 Å². The van der Waals surface area contributed by atoms with Gasteiger partial charge in [0.2, 0.25) is 5.91 Å². The number of piperidine rings is 1. The van der Waals surface area contributed by atoms with E-state index in [1.807, 2.05) is 29.2 Å². The third-order valence-electron chi connectivity index (χ3n) is 5.72. The van der Waals surface area contributed by atoms with Crippen molar-refractivity contribution in [2.24, 2.45) is 11.3 Å². The Kier molecular flexibility index (Phi) is 5.40. The topological polar surface area (TPSA) is 41.6 Å². The number of benzene rings is 1. The molecule has 1 amide bonds. The average molecular weight is 371 g/mol. The molecule has 1 N–H and O–H groups in total. The van der Waals surface area contributed by atoms with E-state index in [0.717, 1.165) is 37.9 Å². The summed E-state index contributed by atoms with van der Waals surface area (Å²) in [5.41, 5.74) is 1.28. The van der Waals surface area contributed by atoms with Gasteiger partial charge < -0.3 is 15.0 Å². The van der Waals surface area contributed by atoms with Crippen LogP contribution in [-0.4, -0.2) is 43.6 Å². The second-order valence-electron chi connectivity index (χ2n) is 7.03. The van der Waals surface area contributed by atoms with Gasteiger partial charge >= 0.3 is 0 Å². The SMILES string of the molecule is Cl.O=C(C1CC12CCNCC2)N1CCOC(c2ccccc2Cl)C1. The fourth-order valence-electron chi connectivity index (χ4n) is 4.17. The number of hydrogen-bond acceptors (Lipinski definition) is 3. The number of morpholine rings is 1. The maximum atomic E-state index is 12.9. The molecule has 1 aromatic rings. The lowest BCUT2D eigenvalue weighted by Crippen LogP contribution is -2.44. The Morgan fingerprint density at radius 3 is 2.79 bits per heavy atom. The van der Waals surface area contributed by atoms with Gasteiger partial charge in [-0.25, -0.2) is 0 Å². The van der Waals surface area contributed by atoms with Crippen molar-refractivity contribution in [1.29, 1.82) is 0 Å². The van der Waals surface area contributed by atoms with Gasteiger partial charge in [-0.1, -0.05) is 29.8 Å². The quantitative estimate of drug-likeness (QED) is 0.869. The van der Waals surface area contributed by atoms with Crippen molar-refractivity contribution in [2.75, 3.05) is 32.8 Å². The summed E-state index contributed by atoms with van der Waals surface area (Å²) >= 11 is 6.29. The van der Waals surface area contributed by atoms with Crippen LogP contribution in [-0.2, 0) is 9.53 Å². The number of carbonyl (C=O) groups is 1.